The fraction of sp³-hybridized carbons (Fsp3) is 0.429. The van der Waals surface area contributed by atoms with Gasteiger partial charge in [0.1, 0.15) is 5.75 Å². The Hall–Kier alpha value is -1.56. The molecule has 1 aromatic rings. The maximum Gasteiger partial charge on any atom is 0.311 e. The van der Waals surface area contributed by atoms with E-state index in [4.69, 9.17) is 9.84 Å². The second kappa shape index (κ2) is 5.83. The first-order chi connectivity index (χ1) is 9.42. The molecular formula is C14H16BrNO4. The molecular weight excluding hydrogens is 326 g/mol. The third-order valence-electron chi connectivity index (χ3n) is 3.53. The van der Waals surface area contributed by atoms with Gasteiger partial charge in [-0.05, 0) is 41.4 Å². The van der Waals surface area contributed by atoms with Crippen molar-refractivity contribution < 1.29 is 19.4 Å². The predicted octanol–water partition coefficient (Wildman–Crippen LogP) is 2.15. The van der Waals surface area contributed by atoms with E-state index in [1.165, 1.54) is 0 Å². The molecule has 6 heteroatoms. The number of carboxylic acids is 1. The minimum atomic E-state index is -0.862. The van der Waals surface area contributed by atoms with Crippen LogP contribution >= 0.6 is 15.9 Å². The SMILES string of the molecule is CC1(C(=O)O)CCN(C(=O)COc2ccccc2Br)C1. The van der Waals surface area contributed by atoms with Crippen LogP contribution in [0.3, 0.4) is 0 Å². The Labute approximate surface area is 125 Å². The van der Waals surface area contributed by atoms with Crippen LogP contribution < -0.4 is 4.74 Å². The van der Waals surface area contributed by atoms with Crippen molar-refractivity contribution in [3.63, 3.8) is 0 Å². The third kappa shape index (κ3) is 3.12. The number of carbonyl (C=O) groups is 2. The zero-order valence-electron chi connectivity index (χ0n) is 11.1. The molecule has 2 rings (SSSR count). The molecule has 0 spiro atoms. The van der Waals surface area contributed by atoms with Gasteiger partial charge in [0.05, 0.1) is 9.89 Å². The number of amides is 1. The molecule has 0 bridgehead atoms. The van der Waals surface area contributed by atoms with E-state index in [1.807, 2.05) is 18.2 Å². The molecule has 5 nitrogen and oxygen atoms in total. The van der Waals surface area contributed by atoms with Gasteiger partial charge in [-0.25, -0.2) is 0 Å². The van der Waals surface area contributed by atoms with Crippen molar-refractivity contribution in [3.8, 4) is 5.75 Å². The number of aliphatic carboxylic acids is 1. The average molecular weight is 342 g/mol. The number of hydrogen-bond donors (Lipinski definition) is 1. The summed E-state index contributed by atoms with van der Waals surface area (Å²) >= 11 is 3.34. The summed E-state index contributed by atoms with van der Waals surface area (Å²) in [6.07, 6.45) is 0.475. The molecule has 20 heavy (non-hydrogen) atoms. The van der Waals surface area contributed by atoms with Crippen molar-refractivity contribution in [2.75, 3.05) is 19.7 Å². The second-order valence-electron chi connectivity index (χ2n) is 5.15. The zero-order valence-corrected chi connectivity index (χ0v) is 12.7. The lowest BCUT2D eigenvalue weighted by atomic mass is 9.90. The topological polar surface area (TPSA) is 66.8 Å². The van der Waals surface area contributed by atoms with Gasteiger partial charge in [0, 0.05) is 13.1 Å². The number of carbonyl (C=O) groups excluding carboxylic acids is 1. The van der Waals surface area contributed by atoms with Crippen LogP contribution in [0.25, 0.3) is 0 Å². The lowest BCUT2D eigenvalue weighted by molar-refractivity contribution is -0.147. The van der Waals surface area contributed by atoms with Crippen LogP contribution in [-0.4, -0.2) is 41.6 Å². The molecule has 1 N–H and O–H groups in total. The van der Waals surface area contributed by atoms with Gasteiger partial charge in [-0.1, -0.05) is 12.1 Å². The van der Waals surface area contributed by atoms with Crippen molar-refractivity contribution in [2.45, 2.75) is 13.3 Å². The fourth-order valence-corrected chi connectivity index (χ4v) is 2.54. The van der Waals surface area contributed by atoms with Crippen molar-refractivity contribution in [1.82, 2.24) is 4.90 Å². The Balaban J connectivity index is 1.91. The normalized spacial score (nSPS) is 21.8. The van der Waals surface area contributed by atoms with Gasteiger partial charge < -0.3 is 14.7 Å². The van der Waals surface area contributed by atoms with E-state index in [2.05, 4.69) is 15.9 Å². The van der Waals surface area contributed by atoms with Crippen LogP contribution in [0.1, 0.15) is 13.3 Å². The number of halogens is 1. The summed E-state index contributed by atoms with van der Waals surface area (Å²) in [4.78, 5) is 24.7. The summed E-state index contributed by atoms with van der Waals surface area (Å²) in [5.41, 5.74) is -0.844. The highest BCUT2D eigenvalue weighted by atomic mass is 79.9. The molecule has 1 fully saturated rings. The smallest absolute Gasteiger partial charge is 0.311 e. The standard InChI is InChI=1S/C14H16BrNO4/c1-14(13(18)19)6-7-16(9-14)12(17)8-20-11-5-3-2-4-10(11)15/h2-5H,6-9H2,1H3,(H,18,19). The van der Waals surface area contributed by atoms with Crippen LogP contribution in [0.15, 0.2) is 28.7 Å². The summed E-state index contributed by atoms with van der Waals surface area (Å²) in [5.74, 6) is -0.453. The molecule has 1 aliphatic rings. The molecule has 0 saturated carbocycles. The number of rotatable bonds is 4. The number of benzene rings is 1. The van der Waals surface area contributed by atoms with Crippen LogP contribution in [0.4, 0.5) is 0 Å². The summed E-state index contributed by atoms with van der Waals surface area (Å²) in [7, 11) is 0. The number of nitrogens with zero attached hydrogens (tertiary/aromatic N) is 1. The highest BCUT2D eigenvalue weighted by Crippen LogP contribution is 2.30. The number of carboxylic acid groups (broad SMARTS) is 1. The van der Waals surface area contributed by atoms with Crippen molar-refractivity contribution in [3.05, 3.63) is 28.7 Å². The lowest BCUT2D eigenvalue weighted by Gasteiger charge is -2.20. The lowest BCUT2D eigenvalue weighted by Crippen LogP contribution is -2.37. The Morgan fingerprint density at radius 2 is 2.15 bits per heavy atom. The van der Waals surface area contributed by atoms with Gasteiger partial charge in [0.15, 0.2) is 6.61 Å². The summed E-state index contributed by atoms with van der Waals surface area (Å²) in [6.45, 7) is 2.27. The van der Waals surface area contributed by atoms with Crippen LogP contribution in [-0.2, 0) is 9.59 Å². The average Bonchev–Trinajstić information content (AvgIpc) is 2.82. The maximum absolute atomic E-state index is 12.0. The van der Waals surface area contributed by atoms with E-state index in [1.54, 1.807) is 17.9 Å². The molecule has 1 amide bonds. The van der Waals surface area contributed by atoms with E-state index in [9.17, 15) is 9.59 Å². The number of likely N-dealkylation sites (tertiary alicyclic amines) is 1. The van der Waals surface area contributed by atoms with Gasteiger partial charge in [0.25, 0.3) is 5.91 Å². The Morgan fingerprint density at radius 1 is 1.45 bits per heavy atom. The molecule has 1 aliphatic heterocycles. The monoisotopic (exact) mass is 341 g/mol. The Kier molecular flexibility index (Phi) is 4.32. The molecule has 1 unspecified atom stereocenters. The first-order valence-electron chi connectivity index (χ1n) is 6.31. The third-order valence-corrected chi connectivity index (χ3v) is 4.19. The number of hydrogen-bond acceptors (Lipinski definition) is 3. The van der Waals surface area contributed by atoms with Gasteiger partial charge in [-0.15, -0.1) is 0 Å². The highest BCUT2D eigenvalue weighted by Gasteiger charge is 2.42. The summed E-state index contributed by atoms with van der Waals surface area (Å²) in [5, 5.41) is 9.14. The second-order valence-corrected chi connectivity index (χ2v) is 6.00. The van der Waals surface area contributed by atoms with Crippen LogP contribution in [0.2, 0.25) is 0 Å². The molecule has 1 heterocycles. The molecule has 0 aliphatic carbocycles. The summed E-state index contributed by atoms with van der Waals surface area (Å²) < 4.78 is 6.24. The Bertz CT molecular complexity index is 534. The minimum Gasteiger partial charge on any atom is -0.483 e. The van der Waals surface area contributed by atoms with Crippen molar-refractivity contribution in [2.24, 2.45) is 5.41 Å². The maximum atomic E-state index is 12.0. The molecule has 1 atom stereocenters. The van der Waals surface area contributed by atoms with E-state index < -0.39 is 11.4 Å². The van der Waals surface area contributed by atoms with Gasteiger partial charge >= 0.3 is 5.97 Å². The minimum absolute atomic E-state index is 0.0850. The van der Waals surface area contributed by atoms with Crippen LogP contribution in [0, 0.1) is 5.41 Å². The van der Waals surface area contributed by atoms with E-state index in [0.717, 1.165) is 4.47 Å². The molecule has 1 aromatic carbocycles. The fourth-order valence-electron chi connectivity index (χ4n) is 2.14. The number of ether oxygens (including phenoxy) is 1. The molecule has 0 aromatic heterocycles. The van der Waals surface area contributed by atoms with Gasteiger partial charge in [-0.3, -0.25) is 9.59 Å². The zero-order chi connectivity index (χ0) is 14.8. The van der Waals surface area contributed by atoms with Crippen molar-refractivity contribution in [1.29, 1.82) is 0 Å². The summed E-state index contributed by atoms with van der Waals surface area (Å²) in [6, 6.07) is 7.28. The first kappa shape index (κ1) is 14.8. The largest absolute Gasteiger partial charge is 0.483 e. The Morgan fingerprint density at radius 3 is 2.75 bits per heavy atom. The molecule has 108 valence electrons. The molecule has 0 radical (unpaired) electrons. The molecule has 1 saturated heterocycles. The predicted molar refractivity (Wildman–Crippen MR) is 76.6 cm³/mol. The van der Waals surface area contributed by atoms with Gasteiger partial charge in [-0.2, -0.15) is 0 Å². The number of para-hydroxylation sites is 1. The van der Waals surface area contributed by atoms with Gasteiger partial charge in [0.2, 0.25) is 0 Å². The van der Waals surface area contributed by atoms with E-state index in [0.29, 0.717) is 18.7 Å². The van der Waals surface area contributed by atoms with E-state index >= 15 is 0 Å². The first-order valence-corrected chi connectivity index (χ1v) is 7.10. The quantitative estimate of drug-likeness (QED) is 0.911. The van der Waals surface area contributed by atoms with Crippen molar-refractivity contribution >= 4 is 27.8 Å². The van der Waals surface area contributed by atoms with E-state index in [-0.39, 0.29) is 19.1 Å². The van der Waals surface area contributed by atoms with Crippen LogP contribution in [0.5, 0.6) is 5.75 Å². The highest BCUT2D eigenvalue weighted by molar-refractivity contribution is 9.10.